The molecule has 0 unspecified atom stereocenters. The normalized spacial score (nSPS) is 12.7. The van der Waals surface area contributed by atoms with Gasteiger partial charge in [0.2, 0.25) is 0 Å². The highest BCUT2D eigenvalue weighted by Crippen LogP contribution is 2.32. The molecule has 0 saturated carbocycles. The van der Waals surface area contributed by atoms with Gasteiger partial charge in [0.25, 0.3) is 0 Å². The predicted molar refractivity (Wildman–Crippen MR) is 95.4 cm³/mol. The lowest BCUT2D eigenvalue weighted by atomic mass is 10.0. The van der Waals surface area contributed by atoms with Gasteiger partial charge >= 0.3 is 0 Å². The zero-order chi connectivity index (χ0) is 18.2. The second kappa shape index (κ2) is 6.24. The van der Waals surface area contributed by atoms with E-state index in [-0.39, 0.29) is 4.90 Å². The van der Waals surface area contributed by atoms with E-state index < -0.39 is 15.9 Å². The third kappa shape index (κ3) is 3.09. The number of fused-ring (bicyclic) bond motifs is 1. The number of sulfone groups is 1. The quantitative estimate of drug-likeness (QED) is 0.776. The first-order valence-electron chi connectivity index (χ1n) is 7.58. The Labute approximate surface area is 145 Å². The highest BCUT2D eigenvalue weighted by atomic mass is 32.2. The average Bonchev–Trinajstić information content (AvgIpc) is 2.59. The SMILES string of the molecule is C[C@H](N)c1nc2cccc(C#N)c2nc1-c1ccccc1S(C)(=O)=O. The van der Waals surface area contributed by atoms with Crippen molar-refractivity contribution in [2.24, 2.45) is 5.73 Å². The molecule has 0 fully saturated rings. The maximum Gasteiger partial charge on any atom is 0.176 e. The van der Waals surface area contributed by atoms with E-state index in [0.29, 0.717) is 33.5 Å². The van der Waals surface area contributed by atoms with Gasteiger partial charge in [-0.05, 0) is 25.1 Å². The average molecular weight is 352 g/mol. The van der Waals surface area contributed by atoms with Crippen LogP contribution in [0, 0.1) is 11.3 Å². The summed E-state index contributed by atoms with van der Waals surface area (Å²) >= 11 is 0. The Morgan fingerprint density at radius 1 is 1.12 bits per heavy atom. The van der Waals surface area contributed by atoms with E-state index in [0.717, 1.165) is 6.26 Å². The van der Waals surface area contributed by atoms with Crippen molar-refractivity contribution in [3.05, 3.63) is 53.7 Å². The van der Waals surface area contributed by atoms with E-state index in [1.54, 1.807) is 43.3 Å². The van der Waals surface area contributed by atoms with Crippen molar-refractivity contribution in [1.29, 1.82) is 5.26 Å². The molecule has 0 aliphatic heterocycles. The first-order valence-corrected chi connectivity index (χ1v) is 9.48. The topological polar surface area (TPSA) is 110 Å². The monoisotopic (exact) mass is 352 g/mol. The van der Waals surface area contributed by atoms with Crippen molar-refractivity contribution < 1.29 is 8.42 Å². The van der Waals surface area contributed by atoms with Gasteiger partial charge in [-0.15, -0.1) is 0 Å². The second-order valence-corrected chi connectivity index (χ2v) is 7.78. The Bertz CT molecular complexity index is 1120. The molecule has 0 saturated heterocycles. The number of para-hydroxylation sites is 1. The van der Waals surface area contributed by atoms with Crippen molar-refractivity contribution in [2.75, 3.05) is 6.26 Å². The Hall–Kier alpha value is -2.82. The summed E-state index contributed by atoms with van der Waals surface area (Å²) < 4.78 is 24.3. The van der Waals surface area contributed by atoms with E-state index in [1.165, 1.54) is 6.07 Å². The van der Waals surface area contributed by atoms with Crippen molar-refractivity contribution >= 4 is 20.9 Å². The minimum atomic E-state index is -3.47. The first kappa shape index (κ1) is 17.0. The minimum absolute atomic E-state index is 0.153. The van der Waals surface area contributed by atoms with Crippen LogP contribution in [0.15, 0.2) is 47.4 Å². The predicted octanol–water partition coefficient (Wildman–Crippen LogP) is 2.59. The highest BCUT2D eigenvalue weighted by molar-refractivity contribution is 7.90. The molecule has 0 spiro atoms. The van der Waals surface area contributed by atoms with Crippen LogP contribution < -0.4 is 5.73 Å². The molecule has 25 heavy (non-hydrogen) atoms. The molecule has 7 heteroatoms. The number of nitriles is 1. The molecule has 1 atom stereocenters. The summed E-state index contributed by atoms with van der Waals surface area (Å²) in [6, 6.07) is 13.3. The van der Waals surface area contributed by atoms with E-state index in [2.05, 4.69) is 16.0 Å². The molecular weight excluding hydrogens is 336 g/mol. The van der Waals surface area contributed by atoms with Crippen molar-refractivity contribution in [3.63, 3.8) is 0 Å². The Kier molecular flexibility index (Phi) is 4.25. The van der Waals surface area contributed by atoms with Crippen LogP contribution in [-0.4, -0.2) is 24.6 Å². The van der Waals surface area contributed by atoms with Gasteiger partial charge in [-0.25, -0.2) is 18.4 Å². The highest BCUT2D eigenvalue weighted by Gasteiger charge is 2.21. The maximum atomic E-state index is 12.2. The number of benzene rings is 2. The summed E-state index contributed by atoms with van der Waals surface area (Å²) in [7, 11) is -3.47. The van der Waals surface area contributed by atoms with E-state index in [9.17, 15) is 13.7 Å². The minimum Gasteiger partial charge on any atom is -0.323 e. The van der Waals surface area contributed by atoms with E-state index in [4.69, 9.17) is 5.73 Å². The lowest BCUT2D eigenvalue weighted by Crippen LogP contribution is -2.12. The fraction of sp³-hybridized carbons (Fsp3) is 0.167. The summed E-state index contributed by atoms with van der Waals surface area (Å²) in [4.78, 5) is 9.28. The molecule has 0 radical (unpaired) electrons. The van der Waals surface area contributed by atoms with Gasteiger partial charge in [0.15, 0.2) is 9.84 Å². The molecule has 3 rings (SSSR count). The lowest BCUT2D eigenvalue weighted by molar-refractivity contribution is 0.602. The fourth-order valence-electron chi connectivity index (χ4n) is 2.68. The maximum absolute atomic E-state index is 12.2. The van der Waals surface area contributed by atoms with Crippen LogP contribution >= 0.6 is 0 Å². The number of aromatic nitrogens is 2. The summed E-state index contributed by atoms with van der Waals surface area (Å²) in [6.45, 7) is 1.76. The Morgan fingerprint density at radius 3 is 2.48 bits per heavy atom. The van der Waals surface area contributed by atoms with Gasteiger partial charge in [0.1, 0.15) is 11.6 Å². The molecule has 2 N–H and O–H groups in total. The standard InChI is InChI=1S/C18H16N4O2S/c1-11(20)16-18(13-7-3-4-9-15(13)25(2,23)24)22-17-12(10-19)6-5-8-14(17)21-16/h3-9,11H,20H2,1-2H3/t11-/m0/s1. The zero-order valence-electron chi connectivity index (χ0n) is 13.8. The molecule has 126 valence electrons. The van der Waals surface area contributed by atoms with Crippen LogP contribution in [0.2, 0.25) is 0 Å². The summed E-state index contributed by atoms with van der Waals surface area (Å²) in [5.74, 6) is 0. The molecule has 3 aromatic rings. The van der Waals surface area contributed by atoms with Gasteiger partial charge in [-0.2, -0.15) is 5.26 Å². The molecule has 0 aliphatic carbocycles. The number of hydrogen-bond acceptors (Lipinski definition) is 6. The number of rotatable bonds is 3. The molecule has 0 bridgehead atoms. The van der Waals surface area contributed by atoms with Crippen LogP contribution in [0.5, 0.6) is 0 Å². The van der Waals surface area contributed by atoms with Crippen LogP contribution in [0.4, 0.5) is 0 Å². The van der Waals surface area contributed by atoms with E-state index in [1.807, 2.05) is 0 Å². The molecule has 2 aromatic carbocycles. The smallest absolute Gasteiger partial charge is 0.176 e. The van der Waals surface area contributed by atoms with Gasteiger partial charge < -0.3 is 5.73 Å². The molecular formula is C18H16N4O2S. The third-order valence-corrected chi connectivity index (χ3v) is 4.97. The number of hydrogen-bond donors (Lipinski definition) is 1. The second-order valence-electron chi connectivity index (χ2n) is 5.80. The van der Waals surface area contributed by atoms with Crippen LogP contribution in [0.3, 0.4) is 0 Å². The van der Waals surface area contributed by atoms with E-state index >= 15 is 0 Å². The molecule has 0 amide bonds. The van der Waals surface area contributed by atoms with Gasteiger partial charge in [0.05, 0.1) is 27.4 Å². The summed E-state index contributed by atoms with van der Waals surface area (Å²) in [5, 5.41) is 9.32. The largest absolute Gasteiger partial charge is 0.323 e. The van der Waals surface area contributed by atoms with Crippen LogP contribution in [0.25, 0.3) is 22.3 Å². The Balaban J connectivity index is 2.44. The Morgan fingerprint density at radius 2 is 1.84 bits per heavy atom. The molecule has 6 nitrogen and oxygen atoms in total. The van der Waals surface area contributed by atoms with Crippen molar-refractivity contribution in [1.82, 2.24) is 9.97 Å². The third-order valence-electron chi connectivity index (χ3n) is 3.82. The molecule has 1 aromatic heterocycles. The lowest BCUT2D eigenvalue weighted by Gasteiger charge is -2.15. The number of nitrogens with two attached hydrogens (primary N) is 1. The first-order chi connectivity index (χ1) is 11.8. The molecule has 0 aliphatic rings. The summed E-state index contributed by atoms with van der Waals surface area (Å²) in [6.07, 6.45) is 1.15. The zero-order valence-corrected chi connectivity index (χ0v) is 14.6. The van der Waals surface area contributed by atoms with Gasteiger partial charge in [0, 0.05) is 17.9 Å². The van der Waals surface area contributed by atoms with Gasteiger partial charge in [-0.3, -0.25) is 0 Å². The fourth-order valence-corrected chi connectivity index (χ4v) is 3.57. The number of nitrogens with zero attached hydrogens (tertiary/aromatic N) is 3. The molecule has 1 heterocycles. The van der Waals surface area contributed by atoms with Crippen molar-refractivity contribution in [3.8, 4) is 17.3 Å². The van der Waals surface area contributed by atoms with Crippen LogP contribution in [0.1, 0.15) is 24.2 Å². The van der Waals surface area contributed by atoms with Crippen LogP contribution in [-0.2, 0) is 9.84 Å². The van der Waals surface area contributed by atoms with Crippen molar-refractivity contribution in [2.45, 2.75) is 17.9 Å². The van der Waals surface area contributed by atoms with Gasteiger partial charge in [-0.1, -0.05) is 24.3 Å². The summed E-state index contributed by atoms with van der Waals surface area (Å²) in [5.41, 5.74) is 8.70.